The molecular formula is C22H24ClN3O4S2. The minimum atomic E-state index is -3.71. The minimum Gasteiger partial charge on any atom is -0.322 e. The molecule has 0 atom stereocenters. The number of rotatable bonds is 5. The second-order valence-electron chi connectivity index (χ2n) is 7.71. The number of anilines is 1. The quantitative estimate of drug-likeness (QED) is 0.564. The van der Waals surface area contributed by atoms with Crippen LogP contribution >= 0.6 is 22.9 Å². The summed E-state index contributed by atoms with van der Waals surface area (Å²) in [5.41, 5.74) is 1.40. The highest BCUT2D eigenvalue weighted by Gasteiger charge is 2.26. The predicted octanol–water partition coefficient (Wildman–Crippen LogP) is 4.55. The highest BCUT2D eigenvalue weighted by Crippen LogP contribution is 2.27. The molecule has 170 valence electrons. The van der Waals surface area contributed by atoms with E-state index in [-0.39, 0.29) is 20.4 Å². The number of nitrogens with zero attached hydrogens (tertiary/aromatic N) is 2. The van der Waals surface area contributed by atoms with E-state index in [1.807, 2.05) is 6.92 Å². The van der Waals surface area contributed by atoms with Crippen molar-refractivity contribution in [3.8, 4) is 0 Å². The molecule has 0 radical (unpaired) electrons. The SMILES string of the molecule is CCn1c(=O)sc2cc(NC(=O)c3cc(S(=O)(=O)N4CCCCCC4)ccc3Cl)ccc21. The van der Waals surface area contributed by atoms with Crippen LogP contribution in [0.1, 0.15) is 43.0 Å². The van der Waals surface area contributed by atoms with Crippen LogP contribution in [0.15, 0.2) is 46.1 Å². The molecule has 0 spiro atoms. The van der Waals surface area contributed by atoms with Crippen LogP contribution in [0.2, 0.25) is 5.02 Å². The maximum absolute atomic E-state index is 13.1. The number of nitrogens with one attached hydrogen (secondary N) is 1. The molecule has 1 amide bonds. The molecule has 1 saturated heterocycles. The van der Waals surface area contributed by atoms with Gasteiger partial charge in [-0.2, -0.15) is 4.31 Å². The third-order valence-corrected chi connectivity index (χ3v) is 8.79. The average Bonchev–Trinajstić information content (AvgIpc) is 2.92. The van der Waals surface area contributed by atoms with E-state index in [0.29, 0.717) is 25.3 Å². The van der Waals surface area contributed by atoms with Gasteiger partial charge in [0, 0.05) is 25.3 Å². The maximum Gasteiger partial charge on any atom is 0.308 e. The van der Waals surface area contributed by atoms with Gasteiger partial charge in [0.2, 0.25) is 10.0 Å². The van der Waals surface area contributed by atoms with Crippen molar-refractivity contribution in [2.75, 3.05) is 18.4 Å². The Bertz CT molecular complexity index is 1320. The van der Waals surface area contributed by atoms with Gasteiger partial charge in [0.25, 0.3) is 5.91 Å². The number of aromatic nitrogens is 1. The number of hydrogen-bond acceptors (Lipinski definition) is 5. The smallest absolute Gasteiger partial charge is 0.308 e. The topological polar surface area (TPSA) is 88.5 Å². The van der Waals surface area contributed by atoms with Crippen LogP contribution < -0.4 is 10.2 Å². The summed E-state index contributed by atoms with van der Waals surface area (Å²) in [7, 11) is -3.71. The van der Waals surface area contributed by atoms with Crippen LogP contribution in [0.25, 0.3) is 10.2 Å². The molecule has 2 aromatic carbocycles. The van der Waals surface area contributed by atoms with Gasteiger partial charge in [0.05, 0.1) is 25.7 Å². The van der Waals surface area contributed by atoms with Crippen LogP contribution in [0.4, 0.5) is 5.69 Å². The standard InChI is InChI=1S/C22H24ClN3O4S2/c1-2-26-19-10-7-15(13-20(19)31-22(26)28)24-21(27)17-14-16(8-9-18(17)23)32(29,30)25-11-5-3-4-6-12-25/h7-10,13-14H,2-6,11-12H2,1H3,(H,24,27). The Hall–Kier alpha value is -2.20. The number of amides is 1. The maximum atomic E-state index is 13.1. The summed E-state index contributed by atoms with van der Waals surface area (Å²) < 4.78 is 30.1. The lowest BCUT2D eigenvalue weighted by molar-refractivity contribution is 0.102. The molecule has 0 saturated carbocycles. The largest absolute Gasteiger partial charge is 0.322 e. The molecule has 1 aliphatic rings. The fourth-order valence-electron chi connectivity index (χ4n) is 3.91. The lowest BCUT2D eigenvalue weighted by atomic mass is 10.2. The molecule has 32 heavy (non-hydrogen) atoms. The Kier molecular flexibility index (Phi) is 6.71. The highest BCUT2D eigenvalue weighted by molar-refractivity contribution is 7.89. The molecule has 10 heteroatoms. The number of carbonyl (C=O) groups is 1. The molecule has 0 bridgehead atoms. The number of thiazole rings is 1. The van der Waals surface area contributed by atoms with Crippen molar-refractivity contribution in [1.29, 1.82) is 0 Å². The molecule has 7 nitrogen and oxygen atoms in total. The Morgan fingerprint density at radius 2 is 1.81 bits per heavy atom. The second kappa shape index (κ2) is 9.35. The average molecular weight is 494 g/mol. The monoisotopic (exact) mass is 493 g/mol. The van der Waals surface area contributed by atoms with E-state index in [2.05, 4.69) is 5.32 Å². The van der Waals surface area contributed by atoms with Crippen LogP contribution in [0.3, 0.4) is 0 Å². The summed E-state index contributed by atoms with van der Waals surface area (Å²) in [5, 5.41) is 2.94. The van der Waals surface area contributed by atoms with Gasteiger partial charge in [-0.3, -0.25) is 14.2 Å². The molecule has 3 aromatic rings. The molecule has 1 N–H and O–H groups in total. The fraction of sp³-hybridized carbons (Fsp3) is 0.364. The van der Waals surface area contributed by atoms with Crippen molar-refractivity contribution in [3.63, 3.8) is 0 Å². The first-order chi connectivity index (χ1) is 15.3. The number of halogens is 1. The van der Waals surface area contributed by atoms with E-state index >= 15 is 0 Å². The van der Waals surface area contributed by atoms with Gasteiger partial charge in [0.1, 0.15) is 0 Å². The van der Waals surface area contributed by atoms with Crippen molar-refractivity contribution in [3.05, 3.63) is 56.7 Å². The van der Waals surface area contributed by atoms with Gasteiger partial charge in [-0.25, -0.2) is 8.42 Å². The van der Waals surface area contributed by atoms with Crippen molar-refractivity contribution in [2.24, 2.45) is 0 Å². The summed E-state index contributed by atoms with van der Waals surface area (Å²) >= 11 is 7.36. The summed E-state index contributed by atoms with van der Waals surface area (Å²) in [4.78, 5) is 25.0. The Morgan fingerprint density at radius 1 is 1.09 bits per heavy atom. The van der Waals surface area contributed by atoms with Crippen molar-refractivity contribution in [2.45, 2.75) is 44.0 Å². The first kappa shape index (κ1) is 23.0. The summed E-state index contributed by atoms with van der Waals surface area (Å²) in [6.45, 7) is 3.43. The number of fused-ring (bicyclic) bond motifs is 1. The zero-order valence-electron chi connectivity index (χ0n) is 17.6. The predicted molar refractivity (Wildman–Crippen MR) is 128 cm³/mol. The number of aryl methyl sites for hydroxylation is 1. The van der Waals surface area contributed by atoms with Gasteiger partial charge in [0.15, 0.2) is 0 Å². The molecule has 4 rings (SSSR count). The van der Waals surface area contributed by atoms with Crippen molar-refractivity contribution < 1.29 is 13.2 Å². The normalized spacial score (nSPS) is 15.6. The van der Waals surface area contributed by atoms with Gasteiger partial charge in [-0.1, -0.05) is 35.8 Å². The fourth-order valence-corrected chi connectivity index (χ4v) is 6.65. The first-order valence-electron chi connectivity index (χ1n) is 10.6. The Labute approximate surface area is 195 Å². The van der Waals surface area contributed by atoms with Crippen LogP contribution in [0.5, 0.6) is 0 Å². The van der Waals surface area contributed by atoms with Gasteiger partial charge < -0.3 is 5.32 Å². The number of sulfonamides is 1. The van der Waals surface area contributed by atoms with Crippen LogP contribution in [-0.4, -0.2) is 36.3 Å². The van der Waals surface area contributed by atoms with Gasteiger partial charge in [-0.15, -0.1) is 0 Å². The second-order valence-corrected chi connectivity index (χ2v) is 11.0. The molecular weight excluding hydrogens is 470 g/mol. The van der Waals surface area contributed by atoms with E-state index < -0.39 is 15.9 Å². The van der Waals surface area contributed by atoms with Crippen molar-refractivity contribution in [1.82, 2.24) is 8.87 Å². The summed E-state index contributed by atoms with van der Waals surface area (Å²) in [6.07, 6.45) is 3.69. The summed E-state index contributed by atoms with van der Waals surface area (Å²) in [5.74, 6) is -0.510. The molecule has 1 aliphatic heterocycles. The first-order valence-corrected chi connectivity index (χ1v) is 13.2. The number of benzene rings is 2. The minimum absolute atomic E-state index is 0.0551. The Morgan fingerprint density at radius 3 is 2.50 bits per heavy atom. The third-order valence-electron chi connectivity index (χ3n) is 5.63. The molecule has 1 fully saturated rings. The molecule has 0 unspecified atom stereocenters. The zero-order chi connectivity index (χ0) is 22.9. The van der Waals surface area contributed by atoms with E-state index in [1.54, 1.807) is 22.8 Å². The lowest BCUT2D eigenvalue weighted by Crippen LogP contribution is -2.32. The number of carbonyl (C=O) groups excluding carboxylic acids is 1. The van der Waals surface area contributed by atoms with E-state index in [4.69, 9.17) is 11.6 Å². The highest BCUT2D eigenvalue weighted by atomic mass is 35.5. The summed E-state index contributed by atoms with van der Waals surface area (Å²) in [6, 6.07) is 9.45. The van der Waals surface area contributed by atoms with Crippen LogP contribution in [-0.2, 0) is 16.6 Å². The lowest BCUT2D eigenvalue weighted by Gasteiger charge is -2.20. The third kappa shape index (κ3) is 4.47. The van der Waals surface area contributed by atoms with E-state index in [9.17, 15) is 18.0 Å². The van der Waals surface area contributed by atoms with Gasteiger partial charge in [-0.05, 0) is 56.2 Å². The van der Waals surface area contributed by atoms with Crippen molar-refractivity contribution >= 4 is 54.8 Å². The molecule has 2 heterocycles. The van der Waals surface area contributed by atoms with E-state index in [1.165, 1.54) is 22.5 Å². The van der Waals surface area contributed by atoms with Crippen LogP contribution in [0, 0.1) is 0 Å². The van der Waals surface area contributed by atoms with E-state index in [0.717, 1.165) is 47.2 Å². The molecule has 1 aromatic heterocycles. The van der Waals surface area contributed by atoms with Gasteiger partial charge >= 0.3 is 4.87 Å². The zero-order valence-corrected chi connectivity index (χ0v) is 20.0. The Balaban J connectivity index is 1.61. The molecule has 0 aliphatic carbocycles. The number of hydrogen-bond donors (Lipinski definition) is 1.